The van der Waals surface area contributed by atoms with Crippen LogP contribution in [0.2, 0.25) is 0 Å². The maximum absolute atomic E-state index is 13.0. The van der Waals surface area contributed by atoms with Gasteiger partial charge in [-0.25, -0.2) is 4.98 Å². The van der Waals surface area contributed by atoms with Crippen LogP contribution in [0.3, 0.4) is 0 Å². The van der Waals surface area contributed by atoms with E-state index in [1.807, 2.05) is 0 Å². The number of aromatic hydroxyl groups is 1. The lowest BCUT2D eigenvalue weighted by Crippen LogP contribution is -2.58. The Morgan fingerprint density at radius 2 is 1.56 bits per heavy atom. The molecule has 0 bridgehead atoms. The van der Waals surface area contributed by atoms with Crippen LogP contribution in [0.1, 0.15) is 24.6 Å². The van der Waals surface area contributed by atoms with Gasteiger partial charge in [-0.05, 0) is 31.0 Å². The van der Waals surface area contributed by atoms with Crippen molar-refractivity contribution in [2.45, 2.75) is 50.4 Å². The van der Waals surface area contributed by atoms with E-state index in [0.29, 0.717) is 11.3 Å². The molecule has 9 N–H and O–H groups in total. The Morgan fingerprint density at radius 1 is 0.944 bits per heavy atom. The predicted molar refractivity (Wildman–Crippen MR) is 123 cm³/mol. The molecule has 0 saturated heterocycles. The second-order valence-electron chi connectivity index (χ2n) is 8.05. The number of nitrogens with zero attached hydrogens (tertiary/aromatic N) is 1. The first-order chi connectivity index (χ1) is 17.0. The molecule has 2 rings (SSSR count). The fourth-order valence-corrected chi connectivity index (χ4v) is 3.11. The van der Waals surface area contributed by atoms with Crippen molar-refractivity contribution < 1.29 is 39.3 Å². The van der Waals surface area contributed by atoms with Crippen molar-refractivity contribution in [3.8, 4) is 5.75 Å². The number of phenolic OH excluding ortho intramolecular Hbond substituents is 1. The maximum atomic E-state index is 13.0. The number of aromatic nitrogens is 2. The number of amides is 3. The third-order valence-corrected chi connectivity index (χ3v) is 5.08. The normalized spacial score (nSPS) is 14.1. The van der Waals surface area contributed by atoms with Gasteiger partial charge in [0.25, 0.3) is 0 Å². The van der Waals surface area contributed by atoms with Crippen LogP contribution in [0.4, 0.5) is 0 Å². The van der Waals surface area contributed by atoms with Crippen LogP contribution in [-0.4, -0.2) is 79.1 Å². The highest BCUT2D eigenvalue weighted by atomic mass is 16.4. The first-order valence-electron chi connectivity index (χ1n) is 10.8. The monoisotopic (exact) mass is 504 g/mol. The van der Waals surface area contributed by atoms with Crippen LogP contribution in [0.5, 0.6) is 5.75 Å². The predicted octanol–water partition coefficient (Wildman–Crippen LogP) is -1.74. The number of carboxylic acids is 2. The zero-order valence-corrected chi connectivity index (χ0v) is 19.3. The van der Waals surface area contributed by atoms with Crippen molar-refractivity contribution in [2.24, 2.45) is 5.73 Å². The van der Waals surface area contributed by atoms with Gasteiger partial charge in [0.15, 0.2) is 0 Å². The minimum atomic E-state index is -1.61. The molecule has 2 aromatic rings. The van der Waals surface area contributed by atoms with Crippen molar-refractivity contribution >= 4 is 29.7 Å². The van der Waals surface area contributed by atoms with Crippen molar-refractivity contribution in [2.75, 3.05) is 0 Å². The summed E-state index contributed by atoms with van der Waals surface area (Å²) in [7, 11) is 0. The lowest BCUT2D eigenvalue weighted by atomic mass is 10.0. The van der Waals surface area contributed by atoms with Crippen LogP contribution >= 0.6 is 0 Å². The molecule has 0 radical (unpaired) electrons. The van der Waals surface area contributed by atoms with Crippen LogP contribution in [0.15, 0.2) is 36.8 Å². The highest BCUT2D eigenvalue weighted by molar-refractivity contribution is 5.95. The van der Waals surface area contributed by atoms with Crippen molar-refractivity contribution in [3.63, 3.8) is 0 Å². The van der Waals surface area contributed by atoms with E-state index in [0.717, 1.165) is 0 Å². The van der Waals surface area contributed by atoms with E-state index in [-0.39, 0.29) is 18.6 Å². The van der Waals surface area contributed by atoms with Gasteiger partial charge in [0.05, 0.1) is 18.8 Å². The van der Waals surface area contributed by atoms with Gasteiger partial charge in [-0.15, -0.1) is 0 Å². The number of aliphatic carboxylic acids is 2. The summed E-state index contributed by atoms with van der Waals surface area (Å²) in [6.07, 6.45) is 1.96. The molecular weight excluding hydrogens is 476 g/mol. The number of H-pyrrole nitrogens is 1. The molecule has 1 heterocycles. The third kappa shape index (κ3) is 8.72. The standard InChI is InChI=1S/C22H28N6O8/c1-11(22(35)36)26-20(33)17(8-18(30)31)28-21(34)16(7-13-9-24-10-25-13)27-19(32)15(23)6-12-2-4-14(29)5-3-12/h2-5,9-11,15-17,29H,6-8,23H2,1H3,(H,24,25)(H,26,33)(H,27,32)(H,28,34)(H,30,31)(H,35,36). The van der Waals surface area contributed by atoms with Gasteiger partial charge in [-0.2, -0.15) is 0 Å². The summed E-state index contributed by atoms with van der Waals surface area (Å²) in [5.41, 5.74) is 7.11. The summed E-state index contributed by atoms with van der Waals surface area (Å²) < 4.78 is 0. The van der Waals surface area contributed by atoms with Crippen LogP contribution < -0.4 is 21.7 Å². The molecule has 14 heteroatoms. The molecule has 3 amide bonds. The van der Waals surface area contributed by atoms with E-state index in [2.05, 4.69) is 25.9 Å². The van der Waals surface area contributed by atoms with E-state index < -0.39 is 60.2 Å². The van der Waals surface area contributed by atoms with Gasteiger partial charge < -0.3 is 42.0 Å². The summed E-state index contributed by atoms with van der Waals surface area (Å²) >= 11 is 0. The van der Waals surface area contributed by atoms with E-state index in [4.69, 9.17) is 15.9 Å². The van der Waals surface area contributed by atoms with Crippen LogP contribution in [0.25, 0.3) is 0 Å². The zero-order valence-electron chi connectivity index (χ0n) is 19.3. The number of aromatic amines is 1. The van der Waals surface area contributed by atoms with E-state index in [9.17, 15) is 29.1 Å². The van der Waals surface area contributed by atoms with Gasteiger partial charge in [-0.3, -0.25) is 24.0 Å². The molecule has 1 aromatic heterocycles. The molecule has 1 aromatic carbocycles. The van der Waals surface area contributed by atoms with Crippen molar-refractivity contribution in [3.05, 3.63) is 48.0 Å². The number of carbonyl (C=O) groups excluding carboxylic acids is 3. The quantitative estimate of drug-likeness (QED) is 0.153. The number of hydrogen-bond donors (Lipinski definition) is 8. The Labute approximate surface area is 205 Å². The lowest BCUT2D eigenvalue weighted by Gasteiger charge is -2.24. The number of benzene rings is 1. The Balaban J connectivity index is 2.15. The summed E-state index contributed by atoms with van der Waals surface area (Å²) in [6.45, 7) is 1.18. The fourth-order valence-electron chi connectivity index (χ4n) is 3.11. The molecule has 0 aliphatic carbocycles. The summed E-state index contributed by atoms with van der Waals surface area (Å²) in [5.74, 6) is -5.32. The molecule has 0 saturated carbocycles. The SMILES string of the molecule is CC(NC(=O)C(CC(=O)O)NC(=O)C(Cc1cnc[nH]1)NC(=O)C(N)Cc1ccc(O)cc1)C(=O)O. The molecular formula is C22H28N6O8. The number of carbonyl (C=O) groups is 5. The molecule has 194 valence electrons. The Morgan fingerprint density at radius 3 is 2.11 bits per heavy atom. The largest absolute Gasteiger partial charge is 0.508 e. The average molecular weight is 505 g/mol. The molecule has 14 nitrogen and oxygen atoms in total. The van der Waals surface area contributed by atoms with Gasteiger partial charge in [0.1, 0.15) is 23.9 Å². The maximum Gasteiger partial charge on any atom is 0.325 e. The van der Waals surface area contributed by atoms with Gasteiger partial charge in [0, 0.05) is 18.3 Å². The smallest absolute Gasteiger partial charge is 0.325 e. The molecule has 0 spiro atoms. The average Bonchev–Trinajstić information content (AvgIpc) is 3.32. The third-order valence-electron chi connectivity index (χ3n) is 5.08. The van der Waals surface area contributed by atoms with Gasteiger partial charge >= 0.3 is 11.9 Å². The number of phenols is 1. The first-order valence-corrected chi connectivity index (χ1v) is 10.8. The van der Waals surface area contributed by atoms with Crippen LogP contribution in [0, 0.1) is 0 Å². The Hall–Kier alpha value is -4.46. The highest BCUT2D eigenvalue weighted by Crippen LogP contribution is 2.11. The fraction of sp³-hybridized carbons (Fsp3) is 0.364. The number of imidazole rings is 1. The van der Waals surface area contributed by atoms with E-state index >= 15 is 0 Å². The number of hydrogen-bond acceptors (Lipinski definition) is 8. The second-order valence-corrected chi connectivity index (χ2v) is 8.05. The minimum absolute atomic E-state index is 0.0470. The number of carboxylic acid groups (broad SMARTS) is 2. The Bertz CT molecular complexity index is 1070. The van der Waals surface area contributed by atoms with Crippen LogP contribution in [-0.2, 0) is 36.8 Å². The van der Waals surface area contributed by atoms with Gasteiger partial charge in [-0.1, -0.05) is 12.1 Å². The molecule has 0 aliphatic heterocycles. The van der Waals surface area contributed by atoms with Gasteiger partial charge in [0.2, 0.25) is 17.7 Å². The lowest BCUT2D eigenvalue weighted by molar-refractivity contribution is -0.143. The molecule has 4 atom stereocenters. The highest BCUT2D eigenvalue weighted by Gasteiger charge is 2.31. The summed E-state index contributed by atoms with van der Waals surface area (Å²) in [5, 5.41) is 34.4. The topological polar surface area (TPSA) is 237 Å². The van der Waals surface area contributed by atoms with E-state index in [1.54, 1.807) is 12.1 Å². The molecule has 36 heavy (non-hydrogen) atoms. The first kappa shape index (κ1) is 27.8. The number of rotatable bonds is 13. The molecule has 4 unspecified atom stereocenters. The number of nitrogens with one attached hydrogen (secondary N) is 4. The van der Waals surface area contributed by atoms with E-state index in [1.165, 1.54) is 31.6 Å². The second kappa shape index (κ2) is 12.9. The Kier molecular flexibility index (Phi) is 9.92. The zero-order chi connectivity index (χ0) is 26.8. The summed E-state index contributed by atoms with van der Waals surface area (Å²) in [6, 6.07) is 0.772. The number of nitrogens with two attached hydrogens (primary N) is 1. The molecule has 0 aliphatic rings. The minimum Gasteiger partial charge on any atom is -0.508 e. The van der Waals surface area contributed by atoms with Crippen molar-refractivity contribution in [1.82, 2.24) is 25.9 Å². The summed E-state index contributed by atoms with van der Waals surface area (Å²) in [4.78, 5) is 67.1. The molecule has 0 fully saturated rings. The van der Waals surface area contributed by atoms with Crippen molar-refractivity contribution in [1.29, 1.82) is 0 Å².